The minimum atomic E-state index is -0.681. The van der Waals surface area contributed by atoms with E-state index in [1.807, 2.05) is 12.1 Å². The first kappa shape index (κ1) is 19.8. The Morgan fingerprint density at radius 3 is 2.53 bits per heavy atom. The predicted molar refractivity (Wildman–Crippen MR) is 110 cm³/mol. The normalized spacial score (nSPS) is 11.9. The Kier molecular flexibility index (Phi) is 5.63. The van der Waals surface area contributed by atoms with E-state index < -0.39 is 17.7 Å². The number of benzene rings is 3. The van der Waals surface area contributed by atoms with Crippen molar-refractivity contribution >= 4 is 17.3 Å². The molecule has 0 aliphatic heterocycles. The summed E-state index contributed by atoms with van der Waals surface area (Å²) >= 11 is 6.30. The highest BCUT2D eigenvalue weighted by Gasteiger charge is 2.24. The van der Waals surface area contributed by atoms with E-state index in [4.69, 9.17) is 20.8 Å². The molecular weight excluding hydrogens is 412 g/mol. The SMILES string of the molecule is COc1cccc(N[C@H](c2nnc(-c3cccc(F)c3)o2)c2ccc(F)cc2Cl)c1. The smallest absolute Gasteiger partial charge is 0.247 e. The van der Waals surface area contributed by atoms with Crippen molar-refractivity contribution in [2.45, 2.75) is 6.04 Å². The molecular formula is C22H16ClF2N3O2. The lowest BCUT2D eigenvalue weighted by Crippen LogP contribution is -2.13. The molecule has 4 aromatic rings. The van der Waals surface area contributed by atoms with Crippen molar-refractivity contribution in [1.82, 2.24) is 10.2 Å². The van der Waals surface area contributed by atoms with E-state index in [-0.39, 0.29) is 16.8 Å². The van der Waals surface area contributed by atoms with Crippen LogP contribution in [-0.2, 0) is 0 Å². The number of hydrogen-bond donors (Lipinski definition) is 1. The van der Waals surface area contributed by atoms with E-state index in [1.165, 1.54) is 24.3 Å². The Balaban J connectivity index is 1.75. The molecule has 0 spiro atoms. The van der Waals surface area contributed by atoms with Gasteiger partial charge in [0.05, 0.1) is 7.11 Å². The van der Waals surface area contributed by atoms with Crippen LogP contribution in [0.4, 0.5) is 14.5 Å². The molecule has 0 unspecified atom stereocenters. The van der Waals surface area contributed by atoms with Gasteiger partial charge in [-0.05, 0) is 42.5 Å². The van der Waals surface area contributed by atoms with Crippen LogP contribution in [0.1, 0.15) is 17.5 Å². The lowest BCUT2D eigenvalue weighted by molar-refractivity contribution is 0.415. The van der Waals surface area contributed by atoms with Crippen molar-refractivity contribution in [1.29, 1.82) is 0 Å². The number of aromatic nitrogens is 2. The highest BCUT2D eigenvalue weighted by Crippen LogP contribution is 2.33. The zero-order valence-corrected chi connectivity index (χ0v) is 16.5. The first-order chi connectivity index (χ1) is 14.5. The van der Waals surface area contributed by atoms with Gasteiger partial charge in [0.15, 0.2) is 0 Å². The van der Waals surface area contributed by atoms with E-state index in [2.05, 4.69) is 15.5 Å². The largest absolute Gasteiger partial charge is 0.497 e. The van der Waals surface area contributed by atoms with Crippen LogP contribution < -0.4 is 10.1 Å². The fourth-order valence-electron chi connectivity index (χ4n) is 2.98. The third-order valence-corrected chi connectivity index (χ3v) is 4.74. The van der Waals surface area contributed by atoms with Gasteiger partial charge in [-0.2, -0.15) is 0 Å². The van der Waals surface area contributed by atoms with Crippen LogP contribution >= 0.6 is 11.6 Å². The van der Waals surface area contributed by atoms with Gasteiger partial charge in [0, 0.05) is 27.9 Å². The van der Waals surface area contributed by atoms with Crippen molar-refractivity contribution < 1.29 is 17.9 Å². The highest BCUT2D eigenvalue weighted by molar-refractivity contribution is 6.31. The molecule has 0 radical (unpaired) electrons. The molecule has 0 bridgehead atoms. The molecule has 1 aromatic heterocycles. The fourth-order valence-corrected chi connectivity index (χ4v) is 3.25. The summed E-state index contributed by atoms with van der Waals surface area (Å²) in [5.74, 6) is 0.107. The highest BCUT2D eigenvalue weighted by atomic mass is 35.5. The van der Waals surface area contributed by atoms with Crippen LogP contribution in [0.3, 0.4) is 0 Å². The zero-order valence-electron chi connectivity index (χ0n) is 15.8. The summed E-state index contributed by atoms with van der Waals surface area (Å²) in [5, 5.41) is 11.6. The van der Waals surface area contributed by atoms with E-state index in [9.17, 15) is 8.78 Å². The van der Waals surface area contributed by atoms with E-state index in [0.717, 1.165) is 0 Å². The Labute approximate surface area is 176 Å². The Hall–Kier alpha value is -3.45. The Bertz CT molecular complexity index is 1180. The summed E-state index contributed by atoms with van der Waals surface area (Å²) in [4.78, 5) is 0. The molecule has 30 heavy (non-hydrogen) atoms. The summed E-state index contributed by atoms with van der Waals surface area (Å²) in [5.41, 5.74) is 1.68. The topological polar surface area (TPSA) is 60.2 Å². The van der Waals surface area contributed by atoms with Gasteiger partial charge in [0.1, 0.15) is 23.4 Å². The number of methoxy groups -OCH3 is 1. The average molecular weight is 428 g/mol. The summed E-state index contributed by atoms with van der Waals surface area (Å²) < 4.78 is 38.2. The van der Waals surface area contributed by atoms with Gasteiger partial charge in [-0.3, -0.25) is 0 Å². The molecule has 0 saturated carbocycles. The van der Waals surface area contributed by atoms with Crippen LogP contribution in [0.2, 0.25) is 5.02 Å². The summed E-state index contributed by atoms with van der Waals surface area (Å²) in [6, 6.07) is 16.4. The number of halogens is 3. The molecule has 0 aliphatic carbocycles. The molecule has 5 nitrogen and oxygen atoms in total. The lowest BCUT2D eigenvalue weighted by Gasteiger charge is -2.18. The number of anilines is 1. The maximum absolute atomic E-state index is 13.6. The number of hydrogen-bond acceptors (Lipinski definition) is 5. The molecule has 1 N–H and O–H groups in total. The molecule has 4 rings (SSSR count). The van der Waals surface area contributed by atoms with Crippen molar-refractivity contribution in [3.63, 3.8) is 0 Å². The van der Waals surface area contributed by atoms with Gasteiger partial charge in [-0.1, -0.05) is 29.8 Å². The van der Waals surface area contributed by atoms with E-state index in [1.54, 1.807) is 37.4 Å². The van der Waals surface area contributed by atoms with Crippen LogP contribution in [-0.4, -0.2) is 17.3 Å². The van der Waals surface area contributed by atoms with Crippen LogP contribution in [0, 0.1) is 11.6 Å². The Morgan fingerprint density at radius 1 is 0.967 bits per heavy atom. The van der Waals surface area contributed by atoms with Gasteiger partial charge in [0.2, 0.25) is 11.8 Å². The maximum atomic E-state index is 13.6. The fraction of sp³-hybridized carbons (Fsp3) is 0.0909. The third-order valence-electron chi connectivity index (χ3n) is 4.41. The minimum absolute atomic E-state index is 0.153. The standard InChI is InChI=1S/C22H16ClF2N3O2/c1-29-17-7-3-6-16(12-17)26-20(18-9-8-15(25)11-19(18)23)22-28-27-21(30-22)13-4-2-5-14(24)10-13/h2-12,20,26H,1H3/t20-/m0/s1. The average Bonchev–Trinajstić information content (AvgIpc) is 3.23. The van der Waals surface area contributed by atoms with Crippen molar-refractivity contribution in [2.24, 2.45) is 0 Å². The van der Waals surface area contributed by atoms with E-state index in [0.29, 0.717) is 22.6 Å². The second-order valence-corrected chi connectivity index (χ2v) is 6.84. The molecule has 0 amide bonds. The number of rotatable bonds is 6. The quantitative estimate of drug-likeness (QED) is 0.416. The molecule has 1 heterocycles. The van der Waals surface area contributed by atoms with Crippen molar-refractivity contribution in [2.75, 3.05) is 12.4 Å². The Morgan fingerprint density at radius 2 is 1.77 bits per heavy atom. The van der Waals surface area contributed by atoms with E-state index >= 15 is 0 Å². The monoisotopic (exact) mass is 427 g/mol. The second kappa shape index (κ2) is 8.51. The predicted octanol–water partition coefficient (Wildman–Crippen LogP) is 5.88. The number of nitrogens with one attached hydrogen (secondary N) is 1. The number of nitrogens with zero attached hydrogens (tertiary/aromatic N) is 2. The molecule has 0 fully saturated rings. The van der Waals surface area contributed by atoms with Crippen LogP contribution in [0.15, 0.2) is 71.1 Å². The molecule has 0 aliphatic rings. The third kappa shape index (κ3) is 4.26. The summed E-state index contributed by atoms with van der Waals surface area (Å²) in [7, 11) is 1.57. The minimum Gasteiger partial charge on any atom is -0.497 e. The second-order valence-electron chi connectivity index (χ2n) is 6.43. The molecule has 1 atom stereocenters. The first-order valence-electron chi connectivity index (χ1n) is 8.98. The summed E-state index contributed by atoms with van der Waals surface area (Å²) in [6.07, 6.45) is 0. The lowest BCUT2D eigenvalue weighted by atomic mass is 10.1. The molecule has 8 heteroatoms. The maximum Gasteiger partial charge on any atom is 0.247 e. The van der Waals surface area contributed by atoms with Crippen molar-refractivity contribution in [3.05, 3.63) is 94.8 Å². The van der Waals surface area contributed by atoms with Crippen molar-refractivity contribution in [3.8, 4) is 17.2 Å². The summed E-state index contributed by atoms with van der Waals surface area (Å²) in [6.45, 7) is 0. The molecule has 152 valence electrons. The van der Waals surface area contributed by atoms with Gasteiger partial charge >= 0.3 is 0 Å². The van der Waals surface area contributed by atoms with Crippen LogP contribution in [0.25, 0.3) is 11.5 Å². The van der Waals surface area contributed by atoms with Gasteiger partial charge in [-0.15, -0.1) is 10.2 Å². The first-order valence-corrected chi connectivity index (χ1v) is 9.36. The zero-order chi connectivity index (χ0) is 21.1. The van der Waals surface area contributed by atoms with Gasteiger partial charge < -0.3 is 14.5 Å². The molecule has 0 saturated heterocycles. The molecule has 3 aromatic carbocycles. The van der Waals surface area contributed by atoms with Gasteiger partial charge in [0.25, 0.3) is 0 Å². The van der Waals surface area contributed by atoms with Crippen LogP contribution in [0.5, 0.6) is 5.75 Å². The number of ether oxygens (including phenoxy) is 1. The van der Waals surface area contributed by atoms with Gasteiger partial charge in [-0.25, -0.2) is 8.78 Å².